The summed E-state index contributed by atoms with van der Waals surface area (Å²) in [5, 5.41) is 7.78. The second-order valence-electron chi connectivity index (χ2n) is 6.40. The molecule has 2 aromatic rings. The quantitative estimate of drug-likeness (QED) is 0.280. The third-order valence-corrected chi connectivity index (χ3v) is 5.59. The monoisotopic (exact) mass is 515 g/mol. The van der Waals surface area contributed by atoms with Crippen LogP contribution in [-0.4, -0.2) is 35.5 Å². The highest BCUT2D eigenvalue weighted by Crippen LogP contribution is 2.13. The van der Waals surface area contributed by atoms with Crippen LogP contribution < -0.4 is 10.6 Å². The van der Waals surface area contributed by atoms with Gasteiger partial charge in [0, 0.05) is 24.2 Å². The highest BCUT2D eigenvalue weighted by Gasteiger charge is 2.04. The predicted molar refractivity (Wildman–Crippen MR) is 132 cm³/mol. The van der Waals surface area contributed by atoms with E-state index in [1.165, 1.54) is 16.0 Å². The molecule has 0 aliphatic heterocycles. The van der Waals surface area contributed by atoms with Gasteiger partial charge in [-0.3, -0.25) is 4.90 Å². The van der Waals surface area contributed by atoms with E-state index >= 15 is 0 Å². The molecule has 0 radical (unpaired) electrons. The average Bonchev–Trinajstić information content (AvgIpc) is 3.17. The van der Waals surface area contributed by atoms with Gasteiger partial charge >= 0.3 is 0 Å². The number of rotatable bonds is 10. The van der Waals surface area contributed by atoms with E-state index in [2.05, 4.69) is 72.5 Å². The fraction of sp³-hybridized carbons (Fsp3) is 0.524. The second kappa shape index (κ2) is 13.9. The van der Waals surface area contributed by atoms with Gasteiger partial charge in [-0.1, -0.05) is 45.0 Å². The SMILES string of the molecule is CCNC(=NCc1ccc(CN(CC)CC)cc1)NCc1ncc(CC)s1.I. The van der Waals surface area contributed by atoms with Crippen LogP contribution in [0.5, 0.6) is 0 Å². The maximum Gasteiger partial charge on any atom is 0.191 e. The summed E-state index contributed by atoms with van der Waals surface area (Å²) in [4.78, 5) is 12.9. The lowest BCUT2D eigenvalue weighted by Crippen LogP contribution is -2.36. The number of thiazole rings is 1. The maximum absolute atomic E-state index is 4.71. The molecular formula is C21H34IN5S. The largest absolute Gasteiger partial charge is 0.357 e. The van der Waals surface area contributed by atoms with Crippen LogP contribution in [0.3, 0.4) is 0 Å². The first kappa shape index (κ1) is 24.8. The van der Waals surface area contributed by atoms with Gasteiger partial charge in [-0.25, -0.2) is 9.98 Å². The molecule has 0 saturated carbocycles. The van der Waals surface area contributed by atoms with Crippen molar-refractivity contribution in [3.63, 3.8) is 0 Å². The van der Waals surface area contributed by atoms with Gasteiger partial charge in [0.15, 0.2) is 5.96 Å². The summed E-state index contributed by atoms with van der Waals surface area (Å²) >= 11 is 1.76. The van der Waals surface area contributed by atoms with Crippen molar-refractivity contribution in [3.8, 4) is 0 Å². The smallest absolute Gasteiger partial charge is 0.191 e. The number of aliphatic imine (C=N–C) groups is 1. The Morgan fingerprint density at radius 3 is 2.29 bits per heavy atom. The van der Waals surface area contributed by atoms with Crippen LogP contribution >= 0.6 is 35.3 Å². The van der Waals surface area contributed by atoms with Gasteiger partial charge in [0.2, 0.25) is 0 Å². The number of hydrogen-bond acceptors (Lipinski definition) is 4. The number of benzene rings is 1. The van der Waals surface area contributed by atoms with E-state index in [0.29, 0.717) is 13.1 Å². The number of halogens is 1. The molecule has 1 aromatic heterocycles. The molecule has 1 heterocycles. The van der Waals surface area contributed by atoms with Gasteiger partial charge in [-0.15, -0.1) is 35.3 Å². The zero-order chi connectivity index (χ0) is 19.5. The van der Waals surface area contributed by atoms with Crippen LogP contribution in [-0.2, 0) is 26.1 Å². The lowest BCUT2D eigenvalue weighted by molar-refractivity contribution is 0.296. The van der Waals surface area contributed by atoms with E-state index in [-0.39, 0.29) is 24.0 Å². The van der Waals surface area contributed by atoms with Gasteiger partial charge in [-0.2, -0.15) is 0 Å². The minimum Gasteiger partial charge on any atom is -0.357 e. The van der Waals surface area contributed by atoms with E-state index in [0.717, 1.165) is 43.6 Å². The molecule has 28 heavy (non-hydrogen) atoms. The van der Waals surface area contributed by atoms with Gasteiger partial charge in [0.25, 0.3) is 0 Å². The molecule has 5 nitrogen and oxygen atoms in total. The van der Waals surface area contributed by atoms with E-state index in [1.54, 1.807) is 11.3 Å². The molecule has 0 spiro atoms. The number of hydrogen-bond donors (Lipinski definition) is 2. The Labute approximate surface area is 191 Å². The van der Waals surface area contributed by atoms with E-state index in [4.69, 9.17) is 4.99 Å². The van der Waals surface area contributed by atoms with Gasteiger partial charge in [0.1, 0.15) is 5.01 Å². The molecule has 0 aliphatic carbocycles. The first-order valence-corrected chi connectivity index (χ1v) is 10.8. The fourth-order valence-electron chi connectivity index (χ4n) is 2.72. The zero-order valence-corrected chi connectivity index (χ0v) is 20.6. The van der Waals surface area contributed by atoms with Crippen molar-refractivity contribution in [1.82, 2.24) is 20.5 Å². The zero-order valence-electron chi connectivity index (χ0n) is 17.5. The van der Waals surface area contributed by atoms with Gasteiger partial charge in [-0.05, 0) is 37.6 Å². The molecule has 2 rings (SSSR count). The van der Waals surface area contributed by atoms with E-state index < -0.39 is 0 Å². The molecule has 0 bridgehead atoms. The topological polar surface area (TPSA) is 52.6 Å². The molecule has 7 heteroatoms. The normalized spacial score (nSPS) is 11.4. The van der Waals surface area contributed by atoms with Gasteiger partial charge in [0.05, 0.1) is 13.1 Å². The van der Waals surface area contributed by atoms with Crippen molar-refractivity contribution >= 4 is 41.3 Å². The lowest BCUT2D eigenvalue weighted by atomic mass is 10.1. The Hall–Kier alpha value is -1.19. The Kier molecular flexibility index (Phi) is 12.3. The van der Waals surface area contributed by atoms with Crippen LogP contribution in [0.4, 0.5) is 0 Å². The Bertz CT molecular complexity index is 695. The molecule has 2 N–H and O–H groups in total. The number of aryl methyl sites for hydroxylation is 1. The maximum atomic E-state index is 4.71. The molecule has 0 saturated heterocycles. The third-order valence-electron chi connectivity index (χ3n) is 4.44. The summed E-state index contributed by atoms with van der Waals surface area (Å²) in [7, 11) is 0. The van der Waals surface area contributed by atoms with Crippen molar-refractivity contribution in [2.75, 3.05) is 19.6 Å². The van der Waals surface area contributed by atoms with Crippen molar-refractivity contribution in [1.29, 1.82) is 0 Å². The fourth-order valence-corrected chi connectivity index (χ4v) is 3.52. The highest BCUT2D eigenvalue weighted by molar-refractivity contribution is 14.0. The number of guanidine groups is 1. The van der Waals surface area contributed by atoms with Gasteiger partial charge < -0.3 is 10.6 Å². The van der Waals surface area contributed by atoms with Crippen LogP contribution in [0.1, 0.15) is 48.7 Å². The summed E-state index contributed by atoms with van der Waals surface area (Å²) < 4.78 is 0. The van der Waals surface area contributed by atoms with Crippen molar-refractivity contribution in [3.05, 3.63) is 51.5 Å². The Balaban J connectivity index is 0.00000392. The summed E-state index contributed by atoms with van der Waals surface area (Å²) in [6, 6.07) is 8.79. The highest BCUT2D eigenvalue weighted by atomic mass is 127. The summed E-state index contributed by atoms with van der Waals surface area (Å²) in [5.74, 6) is 0.831. The van der Waals surface area contributed by atoms with Crippen molar-refractivity contribution in [2.45, 2.75) is 53.8 Å². The average molecular weight is 516 g/mol. The molecule has 156 valence electrons. The molecular weight excluding hydrogens is 481 g/mol. The number of aromatic nitrogens is 1. The summed E-state index contributed by atoms with van der Waals surface area (Å²) in [6.45, 7) is 14.0. The predicted octanol–water partition coefficient (Wildman–Crippen LogP) is 4.42. The second-order valence-corrected chi connectivity index (χ2v) is 7.60. The van der Waals surface area contributed by atoms with Crippen LogP contribution in [0.25, 0.3) is 0 Å². The standard InChI is InChI=1S/C21H33N5S.HI/c1-5-19-14-23-20(27-19)15-25-21(22-6-2)24-13-17-9-11-18(12-10-17)16-26(7-3)8-4;/h9-12,14H,5-8,13,15-16H2,1-4H3,(H2,22,24,25);1H. The summed E-state index contributed by atoms with van der Waals surface area (Å²) in [6.07, 6.45) is 3.00. The molecule has 0 aliphatic rings. The molecule has 0 fully saturated rings. The summed E-state index contributed by atoms with van der Waals surface area (Å²) in [5.41, 5.74) is 2.57. The molecule has 0 unspecified atom stereocenters. The Morgan fingerprint density at radius 1 is 1.04 bits per heavy atom. The first-order valence-electron chi connectivity index (χ1n) is 9.94. The van der Waals surface area contributed by atoms with Crippen LogP contribution in [0, 0.1) is 0 Å². The van der Waals surface area contributed by atoms with Crippen molar-refractivity contribution < 1.29 is 0 Å². The number of nitrogens with one attached hydrogen (secondary N) is 2. The van der Waals surface area contributed by atoms with Crippen LogP contribution in [0.2, 0.25) is 0 Å². The van der Waals surface area contributed by atoms with E-state index in [9.17, 15) is 0 Å². The molecule has 1 aromatic carbocycles. The van der Waals surface area contributed by atoms with E-state index in [1.807, 2.05) is 6.20 Å². The minimum atomic E-state index is 0. The number of nitrogens with zero attached hydrogens (tertiary/aromatic N) is 3. The molecule has 0 amide bonds. The first-order chi connectivity index (χ1) is 13.2. The van der Waals surface area contributed by atoms with Crippen molar-refractivity contribution in [2.24, 2.45) is 4.99 Å². The lowest BCUT2D eigenvalue weighted by Gasteiger charge is -2.18. The van der Waals surface area contributed by atoms with Crippen LogP contribution in [0.15, 0.2) is 35.5 Å². The third kappa shape index (κ3) is 8.45. The Morgan fingerprint density at radius 2 is 1.71 bits per heavy atom. The minimum absolute atomic E-state index is 0. The molecule has 0 atom stereocenters.